The van der Waals surface area contributed by atoms with E-state index in [1.54, 1.807) is 0 Å². The Balaban J connectivity index is 2.33. The summed E-state index contributed by atoms with van der Waals surface area (Å²) in [5.41, 5.74) is 5.38. The number of morpholine rings is 1. The normalized spacial score (nSPS) is 14.9. The van der Waals surface area contributed by atoms with Crippen molar-refractivity contribution in [3.63, 3.8) is 0 Å². The Labute approximate surface area is 137 Å². The molecule has 3 nitrogen and oxygen atoms in total. The average molecular weight is 322 g/mol. The van der Waals surface area contributed by atoms with Gasteiger partial charge in [-0.25, -0.2) is 0 Å². The number of allylic oxidation sites excluding steroid dienone is 2. The molecule has 2 rings (SSSR count). The van der Waals surface area contributed by atoms with E-state index in [0.717, 1.165) is 28.1 Å². The summed E-state index contributed by atoms with van der Waals surface area (Å²) in [6.45, 7) is 10.8. The van der Waals surface area contributed by atoms with Crippen LogP contribution in [-0.4, -0.2) is 37.1 Å². The monoisotopic (exact) mass is 321 g/mol. The molecule has 0 N–H and O–H groups in total. The first-order valence-electron chi connectivity index (χ1n) is 7.69. The summed E-state index contributed by atoms with van der Waals surface area (Å²) in [6.07, 6.45) is 0.789. The summed E-state index contributed by atoms with van der Waals surface area (Å²) in [7, 11) is 0. The number of carbonyl (C=O) groups is 1. The summed E-state index contributed by atoms with van der Waals surface area (Å²) >= 11 is 6.37. The first kappa shape index (κ1) is 17.0. The number of halogens is 1. The van der Waals surface area contributed by atoms with E-state index in [9.17, 15) is 4.79 Å². The van der Waals surface area contributed by atoms with Gasteiger partial charge in [-0.1, -0.05) is 22.7 Å². The molecule has 1 aliphatic rings. The van der Waals surface area contributed by atoms with Crippen LogP contribution in [0.5, 0.6) is 0 Å². The average Bonchev–Trinajstić information content (AvgIpc) is 2.51. The Bertz CT molecular complexity index is 597. The summed E-state index contributed by atoms with van der Waals surface area (Å²) in [4.78, 5) is 14.6. The number of hydrogen-bond donors (Lipinski definition) is 0. The first-order valence-corrected chi connectivity index (χ1v) is 8.07. The number of ether oxygens (including phenoxy) is 1. The van der Waals surface area contributed by atoms with Crippen molar-refractivity contribution >= 4 is 17.5 Å². The largest absolute Gasteiger partial charge is 0.378 e. The lowest BCUT2D eigenvalue weighted by Gasteiger charge is -2.28. The van der Waals surface area contributed by atoms with Crippen LogP contribution in [0.3, 0.4) is 0 Å². The van der Waals surface area contributed by atoms with E-state index in [4.69, 9.17) is 16.3 Å². The molecular formula is C18H24ClNO2. The summed E-state index contributed by atoms with van der Waals surface area (Å²) in [5, 5.41) is 0.733. The highest BCUT2D eigenvalue weighted by atomic mass is 35.5. The van der Waals surface area contributed by atoms with Gasteiger partial charge in [0, 0.05) is 23.7 Å². The maximum absolute atomic E-state index is 12.7. The van der Waals surface area contributed by atoms with Gasteiger partial charge in [-0.3, -0.25) is 4.79 Å². The van der Waals surface area contributed by atoms with Crippen LogP contribution in [0.1, 0.15) is 42.3 Å². The van der Waals surface area contributed by atoms with Crippen molar-refractivity contribution in [3.05, 3.63) is 45.0 Å². The van der Waals surface area contributed by atoms with Gasteiger partial charge >= 0.3 is 0 Å². The fourth-order valence-corrected chi connectivity index (χ4v) is 2.82. The van der Waals surface area contributed by atoms with Gasteiger partial charge in [0.1, 0.15) is 0 Å². The molecule has 1 heterocycles. The van der Waals surface area contributed by atoms with Crippen LogP contribution in [0.15, 0.2) is 23.3 Å². The fraction of sp³-hybridized carbons (Fsp3) is 0.500. The number of hydrogen-bond acceptors (Lipinski definition) is 2. The lowest BCUT2D eigenvalue weighted by molar-refractivity contribution is 0.0302. The first-order chi connectivity index (χ1) is 10.4. The predicted octanol–water partition coefficient (Wildman–Crippen LogP) is 4.02. The topological polar surface area (TPSA) is 29.5 Å². The van der Waals surface area contributed by atoms with Crippen molar-refractivity contribution in [3.8, 4) is 0 Å². The van der Waals surface area contributed by atoms with Crippen LogP contribution in [-0.2, 0) is 11.2 Å². The minimum Gasteiger partial charge on any atom is -0.378 e. The highest BCUT2D eigenvalue weighted by Crippen LogP contribution is 2.27. The molecule has 0 spiro atoms. The molecule has 0 atom stereocenters. The SMILES string of the molecule is CC(C)=C(C)Cc1c(Cl)ccc(C(=O)N2CCOCC2)c1C. The molecular weight excluding hydrogens is 298 g/mol. The van der Waals surface area contributed by atoms with E-state index in [2.05, 4.69) is 20.8 Å². The van der Waals surface area contributed by atoms with E-state index < -0.39 is 0 Å². The molecule has 120 valence electrons. The third kappa shape index (κ3) is 3.71. The molecule has 0 aliphatic carbocycles. The lowest BCUT2D eigenvalue weighted by Crippen LogP contribution is -2.41. The van der Waals surface area contributed by atoms with Crippen LogP contribution in [0.25, 0.3) is 0 Å². The zero-order valence-corrected chi connectivity index (χ0v) is 14.6. The third-order valence-corrected chi connectivity index (χ3v) is 4.72. The van der Waals surface area contributed by atoms with Gasteiger partial charge < -0.3 is 9.64 Å². The Kier molecular flexibility index (Phi) is 5.65. The van der Waals surface area contributed by atoms with Crippen molar-refractivity contribution in [1.29, 1.82) is 0 Å². The van der Waals surface area contributed by atoms with Crippen molar-refractivity contribution in [1.82, 2.24) is 4.90 Å². The number of nitrogens with zero attached hydrogens (tertiary/aromatic N) is 1. The van der Waals surface area contributed by atoms with E-state index in [-0.39, 0.29) is 5.91 Å². The second kappa shape index (κ2) is 7.30. The van der Waals surface area contributed by atoms with Crippen LogP contribution in [0, 0.1) is 6.92 Å². The standard InChI is InChI=1S/C18H24ClNO2/c1-12(2)13(3)11-16-14(4)15(5-6-17(16)19)18(21)20-7-9-22-10-8-20/h5-6H,7-11H2,1-4H3. The van der Waals surface area contributed by atoms with Gasteiger partial charge in [0.2, 0.25) is 0 Å². The zero-order chi connectivity index (χ0) is 16.3. The molecule has 0 radical (unpaired) electrons. The van der Waals surface area contributed by atoms with E-state index in [1.807, 2.05) is 24.0 Å². The van der Waals surface area contributed by atoms with E-state index in [0.29, 0.717) is 26.3 Å². The van der Waals surface area contributed by atoms with Crippen molar-refractivity contribution in [2.45, 2.75) is 34.1 Å². The number of carbonyl (C=O) groups excluding carboxylic acids is 1. The maximum Gasteiger partial charge on any atom is 0.254 e. The van der Waals surface area contributed by atoms with Gasteiger partial charge in [0.25, 0.3) is 5.91 Å². The molecule has 1 aliphatic heterocycles. The minimum atomic E-state index is 0.0774. The molecule has 0 bridgehead atoms. The van der Waals surface area contributed by atoms with Crippen LogP contribution >= 0.6 is 11.6 Å². The molecule has 0 saturated carbocycles. The second-order valence-corrected chi connectivity index (χ2v) is 6.47. The fourth-order valence-electron chi connectivity index (χ4n) is 2.55. The van der Waals surface area contributed by atoms with Gasteiger partial charge in [-0.15, -0.1) is 0 Å². The minimum absolute atomic E-state index is 0.0774. The van der Waals surface area contributed by atoms with E-state index >= 15 is 0 Å². The molecule has 22 heavy (non-hydrogen) atoms. The maximum atomic E-state index is 12.7. The molecule has 1 saturated heterocycles. The Morgan fingerprint density at radius 1 is 1.23 bits per heavy atom. The van der Waals surface area contributed by atoms with Gasteiger partial charge in [0.05, 0.1) is 13.2 Å². The molecule has 1 aromatic rings. The highest BCUT2D eigenvalue weighted by Gasteiger charge is 2.22. The second-order valence-electron chi connectivity index (χ2n) is 6.06. The summed E-state index contributed by atoms with van der Waals surface area (Å²) < 4.78 is 5.32. The lowest BCUT2D eigenvalue weighted by atomic mass is 9.95. The van der Waals surface area contributed by atoms with Gasteiger partial charge in [-0.05, 0) is 57.4 Å². The number of benzene rings is 1. The quantitative estimate of drug-likeness (QED) is 0.787. The Morgan fingerprint density at radius 2 is 1.86 bits per heavy atom. The molecule has 1 fully saturated rings. The van der Waals surface area contributed by atoms with Crippen LogP contribution in [0.2, 0.25) is 5.02 Å². The van der Waals surface area contributed by atoms with Crippen molar-refractivity contribution < 1.29 is 9.53 Å². The predicted molar refractivity (Wildman–Crippen MR) is 90.7 cm³/mol. The summed E-state index contributed by atoms with van der Waals surface area (Å²) in [5.74, 6) is 0.0774. The Hall–Kier alpha value is -1.32. The number of rotatable bonds is 3. The molecule has 4 heteroatoms. The highest BCUT2D eigenvalue weighted by molar-refractivity contribution is 6.31. The van der Waals surface area contributed by atoms with E-state index in [1.165, 1.54) is 11.1 Å². The van der Waals surface area contributed by atoms with Gasteiger partial charge in [0.15, 0.2) is 0 Å². The molecule has 1 aromatic carbocycles. The molecule has 0 unspecified atom stereocenters. The number of amides is 1. The Morgan fingerprint density at radius 3 is 2.45 bits per heavy atom. The van der Waals surface area contributed by atoms with Crippen molar-refractivity contribution in [2.75, 3.05) is 26.3 Å². The van der Waals surface area contributed by atoms with Crippen LogP contribution < -0.4 is 0 Å². The van der Waals surface area contributed by atoms with Gasteiger partial charge in [-0.2, -0.15) is 0 Å². The molecule has 0 aromatic heterocycles. The van der Waals surface area contributed by atoms with Crippen molar-refractivity contribution in [2.24, 2.45) is 0 Å². The third-order valence-electron chi connectivity index (χ3n) is 4.37. The molecule has 1 amide bonds. The smallest absolute Gasteiger partial charge is 0.254 e. The zero-order valence-electron chi connectivity index (χ0n) is 13.8. The van der Waals surface area contributed by atoms with Crippen LogP contribution in [0.4, 0.5) is 0 Å². The summed E-state index contributed by atoms with van der Waals surface area (Å²) in [6, 6.07) is 3.69.